The maximum Gasteiger partial charge on any atom is 0.0214 e. The molecule has 0 saturated heterocycles. The van der Waals surface area contributed by atoms with Crippen LogP contribution in [0.2, 0.25) is 0 Å². The largest absolute Gasteiger partial charge is 0.0617 e. The van der Waals surface area contributed by atoms with Crippen LogP contribution in [0.4, 0.5) is 0 Å². The number of aryl methyl sites for hydroxylation is 2. The maximum atomic E-state index is 2.31. The van der Waals surface area contributed by atoms with Gasteiger partial charge in [0.05, 0.1) is 0 Å². The van der Waals surface area contributed by atoms with E-state index in [1.165, 1.54) is 39.0 Å². The predicted octanol–water partition coefficient (Wildman–Crippen LogP) is 4.80. The van der Waals surface area contributed by atoms with Crippen LogP contribution in [0.1, 0.15) is 34.7 Å². The van der Waals surface area contributed by atoms with Gasteiger partial charge >= 0.3 is 0 Å². The third-order valence-electron chi connectivity index (χ3n) is 3.75. The van der Waals surface area contributed by atoms with E-state index in [1.807, 2.05) is 0 Å². The average molecular weight is 233 g/mol. The summed E-state index contributed by atoms with van der Waals surface area (Å²) >= 11 is 0. The van der Waals surface area contributed by atoms with E-state index in [4.69, 9.17) is 0 Å². The SMILES string of the molecule is CC1=C(c2ccc(C)cc2)[CH]c2cccc(C)c21. The van der Waals surface area contributed by atoms with Crippen molar-refractivity contribution in [1.29, 1.82) is 0 Å². The third-order valence-corrected chi connectivity index (χ3v) is 3.75. The molecule has 0 amide bonds. The van der Waals surface area contributed by atoms with E-state index in [2.05, 4.69) is 69.7 Å². The zero-order valence-corrected chi connectivity index (χ0v) is 11.1. The summed E-state index contributed by atoms with van der Waals surface area (Å²) < 4.78 is 0. The minimum atomic E-state index is 1.31. The molecular weight excluding hydrogens is 216 g/mol. The lowest BCUT2D eigenvalue weighted by atomic mass is 9.99. The topological polar surface area (TPSA) is 0 Å². The fourth-order valence-electron chi connectivity index (χ4n) is 2.75. The molecule has 0 aromatic heterocycles. The highest BCUT2D eigenvalue weighted by atomic mass is 14.2. The second-order valence-corrected chi connectivity index (χ2v) is 5.09. The van der Waals surface area contributed by atoms with Gasteiger partial charge in [-0.2, -0.15) is 0 Å². The van der Waals surface area contributed by atoms with Crippen LogP contribution in [-0.4, -0.2) is 0 Å². The molecular formula is C18H17. The molecule has 1 radical (unpaired) electrons. The van der Waals surface area contributed by atoms with Gasteiger partial charge in [-0.1, -0.05) is 48.0 Å². The van der Waals surface area contributed by atoms with Gasteiger partial charge in [0.1, 0.15) is 0 Å². The van der Waals surface area contributed by atoms with Gasteiger partial charge in [0.25, 0.3) is 0 Å². The minimum Gasteiger partial charge on any atom is -0.0617 e. The third kappa shape index (κ3) is 1.69. The highest BCUT2D eigenvalue weighted by Crippen LogP contribution is 2.40. The van der Waals surface area contributed by atoms with Crippen molar-refractivity contribution in [3.8, 4) is 0 Å². The summed E-state index contributed by atoms with van der Waals surface area (Å²) in [7, 11) is 0. The Morgan fingerprint density at radius 3 is 2.17 bits per heavy atom. The van der Waals surface area contributed by atoms with Crippen LogP contribution in [0, 0.1) is 20.3 Å². The molecule has 18 heavy (non-hydrogen) atoms. The fourth-order valence-corrected chi connectivity index (χ4v) is 2.75. The van der Waals surface area contributed by atoms with Crippen LogP contribution >= 0.6 is 0 Å². The van der Waals surface area contributed by atoms with Crippen LogP contribution in [0.3, 0.4) is 0 Å². The molecule has 0 spiro atoms. The lowest BCUT2D eigenvalue weighted by Gasteiger charge is -2.05. The van der Waals surface area contributed by atoms with E-state index in [1.54, 1.807) is 0 Å². The number of allylic oxidation sites excluding steroid dienone is 2. The molecule has 89 valence electrons. The van der Waals surface area contributed by atoms with Crippen LogP contribution in [-0.2, 0) is 0 Å². The Hall–Kier alpha value is -1.82. The van der Waals surface area contributed by atoms with Crippen molar-refractivity contribution in [2.24, 2.45) is 0 Å². The zero-order chi connectivity index (χ0) is 12.7. The molecule has 0 nitrogen and oxygen atoms in total. The monoisotopic (exact) mass is 233 g/mol. The molecule has 0 heteroatoms. The molecule has 0 bridgehead atoms. The van der Waals surface area contributed by atoms with Crippen molar-refractivity contribution in [3.63, 3.8) is 0 Å². The summed E-state index contributed by atoms with van der Waals surface area (Å²) in [6.45, 7) is 6.54. The molecule has 2 aromatic rings. The highest BCUT2D eigenvalue weighted by Gasteiger charge is 2.20. The zero-order valence-electron chi connectivity index (χ0n) is 11.1. The van der Waals surface area contributed by atoms with Gasteiger partial charge in [0, 0.05) is 6.42 Å². The number of benzene rings is 2. The number of hydrogen-bond acceptors (Lipinski definition) is 0. The molecule has 0 atom stereocenters. The molecule has 1 aliphatic carbocycles. The Morgan fingerprint density at radius 1 is 0.778 bits per heavy atom. The standard InChI is InChI=1S/C18H17/c1-12-7-9-15(10-8-12)17-11-16-6-4-5-13(2)18(16)14(17)3/h4-11H,1-3H3. The maximum absolute atomic E-state index is 2.31. The Bertz CT molecular complexity index is 628. The van der Waals surface area contributed by atoms with Crippen molar-refractivity contribution in [2.75, 3.05) is 0 Å². The van der Waals surface area contributed by atoms with E-state index in [9.17, 15) is 0 Å². The minimum absolute atomic E-state index is 1.31. The van der Waals surface area contributed by atoms with Crippen molar-refractivity contribution < 1.29 is 0 Å². The molecule has 2 aromatic carbocycles. The summed E-state index contributed by atoms with van der Waals surface area (Å²) in [5, 5.41) is 0. The summed E-state index contributed by atoms with van der Waals surface area (Å²) in [5.41, 5.74) is 9.50. The summed E-state index contributed by atoms with van der Waals surface area (Å²) in [6, 6.07) is 15.3. The second kappa shape index (κ2) is 4.13. The van der Waals surface area contributed by atoms with Gasteiger partial charge in [0.2, 0.25) is 0 Å². The van der Waals surface area contributed by atoms with E-state index < -0.39 is 0 Å². The lowest BCUT2D eigenvalue weighted by Crippen LogP contribution is -1.85. The first kappa shape index (κ1) is 11.3. The first-order valence-electron chi connectivity index (χ1n) is 6.39. The van der Waals surface area contributed by atoms with Crippen LogP contribution in [0.25, 0.3) is 11.1 Å². The van der Waals surface area contributed by atoms with E-state index >= 15 is 0 Å². The number of hydrogen-bond donors (Lipinski definition) is 0. The summed E-state index contributed by atoms with van der Waals surface area (Å²) in [4.78, 5) is 0. The van der Waals surface area contributed by atoms with Gasteiger partial charge in [-0.25, -0.2) is 0 Å². The van der Waals surface area contributed by atoms with Crippen molar-refractivity contribution in [1.82, 2.24) is 0 Å². The summed E-state index contributed by atoms with van der Waals surface area (Å²) in [5.74, 6) is 0. The van der Waals surface area contributed by atoms with Gasteiger partial charge in [0.15, 0.2) is 0 Å². The predicted molar refractivity (Wildman–Crippen MR) is 78.2 cm³/mol. The quantitative estimate of drug-likeness (QED) is 0.663. The molecule has 0 unspecified atom stereocenters. The molecule has 3 rings (SSSR count). The summed E-state index contributed by atoms with van der Waals surface area (Å²) in [6.07, 6.45) is 2.31. The Balaban J connectivity index is 2.12. The Kier molecular flexibility index (Phi) is 2.59. The number of fused-ring (bicyclic) bond motifs is 1. The van der Waals surface area contributed by atoms with Crippen molar-refractivity contribution in [2.45, 2.75) is 20.8 Å². The van der Waals surface area contributed by atoms with Crippen LogP contribution < -0.4 is 0 Å². The Labute approximate surface area is 109 Å². The molecule has 0 N–H and O–H groups in total. The van der Waals surface area contributed by atoms with Crippen LogP contribution in [0.15, 0.2) is 42.5 Å². The van der Waals surface area contributed by atoms with Gasteiger partial charge in [-0.05, 0) is 54.2 Å². The Morgan fingerprint density at radius 2 is 1.50 bits per heavy atom. The van der Waals surface area contributed by atoms with E-state index in [0.29, 0.717) is 0 Å². The van der Waals surface area contributed by atoms with Crippen molar-refractivity contribution in [3.05, 3.63) is 76.7 Å². The second-order valence-electron chi connectivity index (χ2n) is 5.09. The van der Waals surface area contributed by atoms with Gasteiger partial charge in [-0.15, -0.1) is 0 Å². The highest BCUT2D eigenvalue weighted by molar-refractivity contribution is 6.02. The van der Waals surface area contributed by atoms with Gasteiger partial charge < -0.3 is 0 Å². The first-order valence-corrected chi connectivity index (χ1v) is 6.39. The molecule has 0 aliphatic heterocycles. The smallest absolute Gasteiger partial charge is 0.0214 e. The van der Waals surface area contributed by atoms with E-state index in [-0.39, 0.29) is 0 Å². The lowest BCUT2D eigenvalue weighted by molar-refractivity contribution is 1.39. The average Bonchev–Trinajstić information content (AvgIpc) is 2.69. The first-order chi connectivity index (χ1) is 8.66. The number of rotatable bonds is 1. The fraction of sp³-hybridized carbons (Fsp3) is 0.167. The molecule has 1 aliphatic rings. The molecule has 0 fully saturated rings. The van der Waals surface area contributed by atoms with E-state index in [0.717, 1.165) is 0 Å². The normalized spacial score (nSPS) is 13.9. The van der Waals surface area contributed by atoms with Crippen molar-refractivity contribution >= 4 is 11.1 Å². The van der Waals surface area contributed by atoms with Gasteiger partial charge in [-0.3, -0.25) is 0 Å². The molecule has 0 heterocycles. The molecule has 0 saturated carbocycles. The van der Waals surface area contributed by atoms with Crippen LogP contribution in [0.5, 0.6) is 0 Å².